The van der Waals surface area contributed by atoms with Crippen molar-refractivity contribution >= 4 is 17.7 Å². The van der Waals surface area contributed by atoms with Gasteiger partial charge in [-0.3, -0.25) is 4.79 Å². The number of thioether (sulfide) groups is 1. The molecule has 1 amide bonds. The number of likely N-dealkylation sites (tertiary alicyclic amines) is 1. The second-order valence-electron chi connectivity index (χ2n) is 7.29. The van der Waals surface area contributed by atoms with Crippen LogP contribution in [0.4, 0.5) is 0 Å². The highest BCUT2D eigenvalue weighted by atomic mass is 32.2. The Labute approximate surface area is 140 Å². The fourth-order valence-electron chi connectivity index (χ4n) is 4.48. The van der Waals surface area contributed by atoms with Gasteiger partial charge in [0.2, 0.25) is 5.91 Å². The minimum Gasteiger partial charge on any atom is -0.339 e. The van der Waals surface area contributed by atoms with Crippen molar-refractivity contribution in [1.29, 1.82) is 0 Å². The molecule has 2 aliphatic heterocycles. The predicted molar refractivity (Wildman–Crippen MR) is 94.9 cm³/mol. The number of hydrogen-bond donors (Lipinski definition) is 0. The van der Waals surface area contributed by atoms with Crippen LogP contribution >= 0.6 is 11.8 Å². The van der Waals surface area contributed by atoms with Crippen LogP contribution in [0, 0.1) is 11.8 Å². The lowest BCUT2D eigenvalue weighted by molar-refractivity contribution is -0.139. The molecule has 3 unspecified atom stereocenters. The third-order valence-corrected chi connectivity index (χ3v) is 6.94. The van der Waals surface area contributed by atoms with Gasteiger partial charge in [-0.05, 0) is 49.3 Å². The van der Waals surface area contributed by atoms with Gasteiger partial charge in [-0.2, -0.15) is 0 Å². The van der Waals surface area contributed by atoms with Crippen LogP contribution in [0.1, 0.15) is 71.1 Å². The van der Waals surface area contributed by atoms with Crippen molar-refractivity contribution in [2.24, 2.45) is 11.8 Å². The van der Waals surface area contributed by atoms with Crippen molar-refractivity contribution in [2.75, 3.05) is 12.3 Å². The molecule has 2 fully saturated rings. The molecule has 3 atom stereocenters. The molecule has 0 aromatic heterocycles. The second-order valence-corrected chi connectivity index (χ2v) is 8.44. The van der Waals surface area contributed by atoms with Crippen LogP contribution in [0.3, 0.4) is 0 Å². The highest BCUT2D eigenvalue weighted by Gasteiger charge is 2.38. The summed E-state index contributed by atoms with van der Waals surface area (Å²) in [5, 5.41) is 0. The summed E-state index contributed by atoms with van der Waals surface area (Å²) in [6.07, 6.45) is 15.2. The Kier molecular flexibility index (Phi) is 5.89. The van der Waals surface area contributed by atoms with E-state index in [0.29, 0.717) is 11.9 Å². The normalized spacial score (nSPS) is 31.8. The summed E-state index contributed by atoms with van der Waals surface area (Å²) in [5.74, 6) is 2.40. The number of piperidine rings is 1. The average molecular weight is 322 g/mol. The highest BCUT2D eigenvalue weighted by Crippen LogP contribution is 2.38. The number of rotatable bonds is 5. The summed E-state index contributed by atoms with van der Waals surface area (Å²) in [6, 6.07) is 0.567. The van der Waals surface area contributed by atoms with E-state index in [1.54, 1.807) is 0 Å². The zero-order valence-electron chi connectivity index (χ0n) is 14.1. The fraction of sp³-hybridized carbons (Fsp3) is 0.842. The zero-order chi connectivity index (χ0) is 15.4. The largest absolute Gasteiger partial charge is 0.339 e. The van der Waals surface area contributed by atoms with Gasteiger partial charge in [-0.25, -0.2) is 0 Å². The Morgan fingerprint density at radius 3 is 2.91 bits per heavy atom. The highest BCUT2D eigenvalue weighted by molar-refractivity contribution is 8.03. The minimum atomic E-state index is 0.169. The number of nitrogens with zero attached hydrogens (tertiary/aromatic N) is 1. The van der Waals surface area contributed by atoms with Gasteiger partial charge >= 0.3 is 0 Å². The van der Waals surface area contributed by atoms with Gasteiger partial charge in [0.1, 0.15) is 0 Å². The molecule has 2 nitrogen and oxygen atoms in total. The molecule has 0 radical (unpaired) electrons. The Hall–Kier alpha value is -0.440. The molecule has 124 valence electrons. The second kappa shape index (κ2) is 7.90. The van der Waals surface area contributed by atoms with E-state index in [4.69, 9.17) is 0 Å². The summed E-state index contributed by atoms with van der Waals surface area (Å²) in [7, 11) is 0. The van der Waals surface area contributed by atoms with E-state index in [1.807, 2.05) is 11.8 Å². The molecule has 0 aromatic rings. The number of fused-ring (bicyclic) bond motifs is 1. The SMILES string of the molecule is CCCCCC1=CC(C(=O)N2CCCC3CCCCC32)CS1. The molecule has 1 aliphatic carbocycles. The number of hydrogen-bond acceptors (Lipinski definition) is 2. The van der Waals surface area contributed by atoms with Crippen LogP contribution < -0.4 is 0 Å². The van der Waals surface area contributed by atoms with Gasteiger partial charge in [0.15, 0.2) is 0 Å². The van der Waals surface area contributed by atoms with Crippen LogP contribution in [0.5, 0.6) is 0 Å². The van der Waals surface area contributed by atoms with Crippen molar-refractivity contribution in [3.63, 3.8) is 0 Å². The molecule has 3 aliphatic rings. The van der Waals surface area contributed by atoms with Crippen LogP contribution in [0.2, 0.25) is 0 Å². The first-order valence-electron chi connectivity index (χ1n) is 9.43. The van der Waals surface area contributed by atoms with E-state index in [9.17, 15) is 4.79 Å². The maximum Gasteiger partial charge on any atom is 0.230 e. The third-order valence-electron chi connectivity index (χ3n) is 5.71. The van der Waals surface area contributed by atoms with E-state index in [1.165, 1.54) is 69.1 Å². The van der Waals surface area contributed by atoms with Gasteiger partial charge < -0.3 is 4.90 Å². The molecule has 0 aromatic carbocycles. The minimum absolute atomic E-state index is 0.169. The summed E-state index contributed by atoms with van der Waals surface area (Å²) in [4.78, 5) is 16.8. The molecule has 3 rings (SSSR count). The van der Waals surface area contributed by atoms with Gasteiger partial charge in [0.05, 0.1) is 5.92 Å². The lowest BCUT2D eigenvalue weighted by Gasteiger charge is -2.44. The van der Waals surface area contributed by atoms with Crippen molar-refractivity contribution < 1.29 is 4.79 Å². The zero-order valence-corrected chi connectivity index (χ0v) is 14.9. The van der Waals surface area contributed by atoms with Gasteiger partial charge in [0, 0.05) is 18.3 Å². The molecule has 3 heteroatoms. The molecule has 22 heavy (non-hydrogen) atoms. The molecule has 0 N–H and O–H groups in total. The first-order chi connectivity index (χ1) is 10.8. The summed E-state index contributed by atoms with van der Waals surface area (Å²) < 4.78 is 0. The van der Waals surface area contributed by atoms with E-state index >= 15 is 0 Å². The maximum atomic E-state index is 13.0. The Bertz CT molecular complexity index is 418. The summed E-state index contributed by atoms with van der Waals surface area (Å²) >= 11 is 1.94. The predicted octanol–water partition coefficient (Wildman–Crippen LogP) is 4.99. The Morgan fingerprint density at radius 2 is 2.05 bits per heavy atom. The molecule has 0 bridgehead atoms. The molecule has 2 heterocycles. The summed E-state index contributed by atoms with van der Waals surface area (Å²) in [6.45, 7) is 3.26. The smallest absolute Gasteiger partial charge is 0.230 e. The van der Waals surface area contributed by atoms with E-state index < -0.39 is 0 Å². The van der Waals surface area contributed by atoms with Gasteiger partial charge in [-0.15, -0.1) is 11.8 Å². The maximum absolute atomic E-state index is 13.0. The van der Waals surface area contributed by atoms with Crippen LogP contribution in [0.15, 0.2) is 11.0 Å². The topological polar surface area (TPSA) is 20.3 Å². The van der Waals surface area contributed by atoms with Crippen molar-refractivity contribution in [3.8, 4) is 0 Å². The molecular formula is C19H31NOS. The lowest BCUT2D eigenvalue weighted by Crippen LogP contribution is -2.51. The van der Waals surface area contributed by atoms with Crippen LogP contribution in [0.25, 0.3) is 0 Å². The molecule has 1 saturated carbocycles. The summed E-state index contributed by atoms with van der Waals surface area (Å²) in [5.41, 5.74) is 0. The average Bonchev–Trinajstić information content (AvgIpc) is 3.03. The molecule has 0 spiro atoms. The van der Waals surface area contributed by atoms with Crippen molar-refractivity contribution in [3.05, 3.63) is 11.0 Å². The first kappa shape index (κ1) is 16.4. The van der Waals surface area contributed by atoms with E-state index in [2.05, 4.69) is 17.9 Å². The number of unbranched alkanes of at least 4 members (excludes halogenated alkanes) is 2. The van der Waals surface area contributed by atoms with E-state index in [-0.39, 0.29) is 5.92 Å². The monoisotopic (exact) mass is 321 g/mol. The third kappa shape index (κ3) is 3.72. The molecular weight excluding hydrogens is 290 g/mol. The van der Waals surface area contributed by atoms with E-state index in [0.717, 1.165) is 18.2 Å². The van der Waals surface area contributed by atoms with Crippen LogP contribution in [-0.2, 0) is 4.79 Å². The standard InChI is InChI=1S/C19H31NOS/c1-2-3-4-10-17-13-16(14-22-17)19(21)20-12-7-9-15-8-5-6-11-18(15)20/h13,15-16,18H,2-12,14H2,1H3. The number of amides is 1. The Morgan fingerprint density at radius 1 is 1.23 bits per heavy atom. The van der Waals surface area contributed by atoms with Gasteiger partial charge in [0.25, 0.3) is 0 Å². The first-order valence-corrected chi connectivity index (χ1v) is 10.4. The van der Waals surface area contributed by atoms with Crippen LogP contribution in [-0.4, -0.2) is 29.1 Å². The quantitative estimate of drug-likeness (QED) is 0.665. The van der Waals surface area contributed by atoms with Crippen molar-refractivity contribution in [2.45, 2.75) is 77.2 Å². The number of carbonyl (C=O) groups excluding carboxylic acids is 1. The lowest BCUT2D eigenvalue weighted by atomic mass is 9.78. The number of allylic oxidation sites excluding steroid dienone is 1. The number of carbonyl (C=O) groups is 1. The van der Waals surface area contributed by atoms with Gasteiger partial charge in [-0.1, -0.05) is 38.7 Å². The Balaban J connectivity index is 1.58. The fourth-order valence-corrected chi connectivity index (χ4v) is 5.66. The van der Waals surface area contributed by atoms with Crippen molar-refractivity contribution in [1.82, 2.24) is 4.90 Å². The molecule has 1 saturated heterocycles.